The van der Waals surface area contributed by atoms with Crippen molar-refractivity contribution in [1.29, 1.82) is 0 Å². The molecule has 1 aromatic heterocycles. The Bertz CT molecular complexity index is 261. The second-order valence-corrected chi connectivity index (χ2v) is 3.85. The van der Waals surface area contributed by atoms with Crippen molar-refractivity contribution >= 4 is 34.3 Å². The molecule has 0 radical (unpaired) electrons. The SMILES string of the molecule is CC(C)CCn1nc(Br)nc1N.Cl. The Hall–Kier alpha value is -0.290. The molecule has 0 spiro atoms. The van der Waals surface area contributed by atoms with Crippen LogP contribution in [0.25, 0.3) is 0 Å². The lowest BCUT2D eigenvalue weighted by molar-refractivity contribution is 0.490. The second kappa shape index (κ2) is 5.44. The van der Waals surface area contributed by atoms with Crippen LogP contribution >= 0.6 is 28.3 Å². The third-order valence-electron chi connectivity index (χ3n) is 1.59. The first-order valence-electron chi connectivity index (χ1n) is 3.95. The van der Waals surface area contributed by atoms with Gasteiger partial charge in [-0.3, -0.25) is 0 Å². The minimum atomic E-state index is 0. The van der Waals surface area contributed by atoms with Crippen LogP contribution < -0.4 is 5.73 Å². The Balaban J connectivity index is 0.00000144. The molecule has 1 heterocycles. The zero-order valence-electron chi connectivity index (χ0n) is 7.70. The van der Waals surface area contributed by atoms with Gasteiger partial charge >= 0.3 is 0 Å². The van der Waals surface area contributed by atoms with Crippen LogP contribution in [0.1, 0.15) is 20.3 Å². The minimum absolute atomic E-state index is 0. The standard InChI is InChI=1S/C7H13BrN4.ClH/c1-5(2)3-4-12-7(9)10-6(8)11-12;/h5H,3-4H2,1-2H3,(H2,9,10,11);1H. The molecule has 0 aliphatic carbocycles. The number of hydrogen-bond donors (Lipinski definition) is 1. The Labute approximate surface area is 92.4 Å². The van der Waals surface area contributed by atoms with Crippen LogP contribution in [0, 0.1) is 5.92 Å². The van der Waals surface area contributed by atoms with Crippen LogP contribution in [-0.4, -0.2) is 14.8 Å². The molecule has 0 aliphatic rings. The molecule has 0 saturated heterocycles. The van der Waals surface area contributed by atoms with Gasteiger partial charge < -0.3 is 5.73 Å². The van der Waals surface area contributed by atoms with Gasteiger partial charge in [0.25, 0.3) is 0 Å². The number of aromatic nitrogens is 3. The van der Waals surface area contributed by atoms with Crippen LogP contribution in [0.2, 0.25) is 0 Å². The van der Waals surface area contributed by atoms with Gasteiger partial charge in [0, 0.05) is 6.54 Å². The van der Waals surface area contributed by atoms with Crippen molar-refractivity contribution in [3.8, 4) is 0 Å². The van der Waals surface area contributed by atoms with E-state index in [1.165, 1.54) is 0 Å². The molecular weight excluding hydrogens is 255 g/mol. The van der Waals surface area contributed by atoms with Gasteiger partial charge in [0.05, 0.1) is 0 Å². The quantitative estimate of drug-likeness (QED) is 0.914. The molecule has 0 unspecified atom stereocenters. The summed E-state index contributed by atoms with van der Waals surface area (Å²) in [4.78, 5) is 3.94. The van der Waals surface area contributed by atoms with Crippen molar-refractivity contribution in [1.82, 2.24) is 14.8 Å². The molecule has 76 valence electrons. The molecule has 6 heteroatoms. The van der Waals surface area contributed by atoms with Crippen LogP contribution in [0.4, 0.5) is 5.95 Å². The third kappa shape index (κ3) is 3.95. The van der Waals surface area contributed by atoms with Gasteiger partial charge in [0.2, 0.25) is 10.7 Å². The van der Waals surface area contributed by atoms with E-state index >= 15 is 0 Å². The molecule has 1 rings (SSSR count). The van der Waals surface area contributed by atoms with Crippen molar-refractivity contribution in [2.45, 2.75) is 26.8 Å². The van der Waals surface area contributed by atoms with Gasteiger partial charge in [0.1, 0.15) is 0 Å². The van der Waals surface area contributed by atoms with Crippen molar-refractivity contribution in [2.24, 2.45) is 5.92 Å². The maximum atomic E-state index is 5.59. The molecule has 0 aromatic carbocycles. The van der Waals surface area contributed by atoms with Crippen molar-refractivity contribution in [2.75, 3.05) is 5.73 Å². The highest BCUT2D eigenvalue weighted by Crippen LogP contribution is 2.09. The summed E-state index contributed by atoms with van der Waals surface area (Å²) in [7, 11) is 0. The predicted molar refractivity (Wildman–Crippen MR) is 58.8 cm³/mol. The molecule has 0 atom stereocenters. The summed E-state index contributed by atoms with van der Waals surface area (Å²) in [6.45, 7) is 5.17. The Morgan fingerprint density at radius 3 is 2.54 bits per heavy atom. The first-order chi connectivity index (χ1) is 5.59. The molecule has 0 bridgehead atoms. The number of nitrogen functional groups attached to an aromatic ring is 1. The van der Waals surface area contributed by atoms with Gasteiger partial charge in [-0.1, -0.05) is 13.8 Å². The monoisotopic (exact) mass is 268 g/mol. The summed E-state index contributed by atoms with van der Waals surface area (Å²) in [6.07, 6.45) is 1.07. The van der Waals surface area contributed by atoms with E-state index in [9.17, 15) is 0 Å². The maximum absolute atomic E-state index is 5.59. The number of nitrogens with two attached hydrogens (primary N) is 1. The maximum Gasteiger partial charge on any atom is 0.219 e. The first kappa shape index (κ1) is 12.7. The van der Waals surface area contributed by atoms with E-state index in [1.54, 1.807) is 4.68 Å². The van der Waals surface area contributed by atoms with Crippen LogP contribution in [0.3, 0.4) is 0 Å². The van der Waals surface area contributed by atoms with Crippen molar-refractivity contribution < 1.29 is 0 Å². The molecule has 0 aliphatic heterocycles. The highest BCUT2D eigenvalue weighted by atomic mass is 79.9. The second-order valence-electron chi connectivity index (χ2n) is 3.14. The zero-order valence-corrected chi connectivity index (χ0v) is 10.1. The Morgan fingerprint density at radius 1 is 1.54 bits per heavy atom. The van der Waals surface area contributed by atoms with E-state index in [-0.39, 0.29) is 12.4 Å². The van der Waals surface area contributed by atoms with E-state index in [2.05, 4.69) is 39.9 Å². The normalized spacial score (nSPS) is 10.2. The lowest BCUT2D eigenvalue weighted by Gasteiger charge is -2.04. The number of hydrogen-bond acceptors (Lipinski definition) is 3. The first-order valence-corrected chi connectivity index (χ1v) is 4.74. The number of anilines is 1. The van der Waals surface area contributed by atoms with Crippen molar-refractivity contribution in [3.63, 3.8) is 0 Å². The van der Waals surface area contributed by atoms with Crippen molar-refractivity contribution in [3.05, 3.63) is 4.73 Å². The molecule has 0 amide bonds. The minimum Gasteiger partial charge on any atom is -0.368 e. The number of rotatable bonds is 3. The van der Waals surface area contributed by atoms with Crippen LogP contribution in [0.15, 0.2) is 4.73 Å². The summed E-state index contributed by atoms with van der Waals surface area (Å²) in [5, 5.41) is 4.08. The fourth-order valence-corrected chi connectivity index (χ4v) is 1.24. The van der Waals surface area contributed by atoms with Gasteiger partial charge in [-0.05, 0) is 28.3 Å². The Morgan fingerprint density at radius 2 is 2.15 bits per heavy atom. The summed E-state index contributed by atoms with van der Waals surface area (Å²) in [5.41, 5.74) is 5.59. The van der Waals surface area contributed by atoms with Gasteiger partial charge in [-0.25, -0.2) is 4.68 Å². The lowest BCUT2D eigenvalue weighted by atomic mass is 10.1. The lowest BCUT2D eigenvalue weighted by Crippen LogP contribution is -2.07. The average Bonchev–Trinajstić information content (AvgIpc) is 2.26. The fourth-order valence-electron chi connectivity index (χ4n) is 0.870. The number of aryl methyl sites for hydroxylation is 1. The molecule has 13 heavy (non-hydrogen) atoms. The molecular formula is C7H14BrClN4. The van der Waals surface area contributed by atoms with Gasteiger partial charge in [0.15, 0.2) is 0 Å². The number of halogens is 2. The van der Waals surface area contributed by atoms with E-state index in [4.69, 9.17) is 5.73 Å². The van der Waals surface area contributed by atoms with E-state index < -0.39 is 0 Å². The van der Waals surface area contributed by atoms with E-state index in [0.29, 0.717) is 16.6 Å². The van der Waals surface area contributed by atoms with E-state index in [0.717, 1.165) is 13.0 Å². The third-order valence-corrected chi connectivity index (χ3v) is 1.93. The number of nitrogens with zero attached hydrogens (tertiary/aromatic N) is 3. The van der Waals surface area contributed by atoms with Gasteiger partial charge in [-0.15, -0.1) is 17.5 Å². The predicted octanol–water partition coefficient (Wildman–Crippen LogP) is 2.09. The largest absolute Gasteiger partial charge is 0.368 e. The smallest absolute Gasteiger partial charge is 0.219 e. The Kier molecular flexibility index (Phi) is 5.32. The molecule has 1 aromatic rings. The topological polar surface area (TPSA) is 56.7 Å². The molecule has 4 nitrogen and oxygen atoms in total. The molecule has 0 fully saturated rings. The molecule has 2 N–H and O–H groups in total. The summed E-state index contributed by atoms with van der Waals surface area (Å²) in [6, 6.07) is 0. The summed E-state index contributed by atoms with van der Waals surface area (Å²) < 4.78 is 2.27. The fraction of sp³-hybridized carbons (Fsp3) is 0.714. The van der Waals surface area contributed by atoms with E-state index in [1.807, 2.05) is 0 Å². The average molecular weight is 270 g/mol. The summed E-state index contributed by atoms with van der Waals surface area (Å²) in [5.74, 6) is 1.13. The van der Waals surface area contributed by atoms with Gasteiger partial charge in [-0.2, -0.15) is 4.98 Å². The molecule has 0 saturated carbocycles. The van der Waals surface area contributed by atoms with Crippen LogP contribution in [0.5, 0.6) is 0 Å². The highest BCUT2D eigenvalue weighted by molar-refractivity contribution is 9.10. The summed E-state index contributed by atoms with van der Waals surface area (Å²) >= 11 is 3.17. The van der Waals surface area contributed by atoms with Crippen LogP contribution in [-0.2, 0) is 6.54 Å². The highest BCUT2D eigenvalue weighted by Gasteiger charge is 2.04. The zero-order chi connectivity index (χ0) is 9.14.